The predicted molar refractivity (Wildman–Crippen MR) is 72.6 cm³/mol. The van der Waals surface area contributed by atoms with E-state index in [-0.39, 0.29) is 5.41 Å². The van der Waals surface area contributed by atoms with E-state index in [1.807, 2.05) is 0 Å². The highest BCUT2D eigenvalue weighted by atomic mass is 79.9. The highest BCUT2D eigenvalue weighted by Gasteiger charge is 2.12. The maximum absolute atomic E-state index is 3.42. The number of rotatable bonds is 3. The van der Waals surface area contributed by atoms with Crippen LogP contribution in [0.3, 0.4) is 0 Å². The number of allylic oxidation sites excluding steroid dienone is 1. The fourth-order valence-electron chi connectivity index (χ4n) is 1.39. The second-order valence-electron chi connectivity index (χ2n) is 4.76. The van der Waals surface area contributed by atoms with Gasteiger partial charge in [-0.3, -0.25) is 0 Å². The fraction of sp³-hybridized carbons (Fsp3) is 0.429. The first-order chi connectivity index (χ1) is 7.04. The lowest BCUT2D eigenvalue weighted by Crippen LogP contribution is -2.10. The summed E-state index contributed by atoms with van der Waals surface area (Å²) in [6.07, 6.45) is 5.48. The van der Waals surface area contributed by atoms with Crippen molar-refractivity contribution in [2.75, 3.05) is 5.33 Å². The van der Waals surface area contributed by atoms with Gasteiger partial charge in [-0.05, 0) is 23.0 Å². The highest BCUT2D eigenvalue weighted by Crippen LogP contribution is 2.23. The quantitative estimate of drug-likeness (QED) is 0.691. The van der Waals surface area contributed by atoms with Crippen LogP contribution >= 0.6 is 15.9 Å². The summed E-state index contributed by atoms with van der Waals surface area (Å²) in [5.74, 6) is 0. The molecule has 0 aliphatic heterocycles. The molecule has 1 heteroatoms. The standard InChI is InChI=1S/C14H19Br/c1-14(2,3)13-9-6-8-12(11-13)7-4-5-10-15/h4,6-9,11H,5,10H2,1-3H3. The molecular weight excluding hydrogens is 248 g/mol. The van der Waals surface area contributed by atoms with Gasteiger partial charge in [0.15, 0.2) is 0 Å². The lowest BCUT2D eigenvalue weighted by Gasteiger charge is -2.19. The first-order valence-corrected chi connectivity index (χ1v) is 6.49. The molecule has 0 N–H and O–H groups in total. The minimum absolute atomic E-state index is 0.235. The van der Waals surface area contributed by atoms with Gasteiger partial charge in [-0.1, -0.05) is 73.1 Å². The molecule has 0 heterocycles. The van der Waals surface area contributed by atoms with Crippen molar-refractivity contribution >= 4 is 22.0 Å². The SMILES string of the molecule is CC(C)(C)c1cccc(C=CCCBr)c1. The number of hydrogen-bond acceptors (Lipinski definition) is 0. The minimum Gasteiger partial charge on any atom is -0.0925 e. The summed E-state index contributed by atoms with van der Waals surface area (Å²) < 4.78 is 0. The van der Waals surface area contributed by atoms with E-state index in [1.54, 1.807) is 0 Å². The molecule has 0 amide bonds. The predicted octanol–water partition coefficient (Wildman–Crippen LogP) is 4.78. The third-order valence-electron chi connectivity index (χ3n) is 2.34. The number of benzene rings is 1. The summed E-state index contributed by atoms with van der Waals surface area (Å²) in [7, 11) is 0. The van der Waals surface area contributed by atoms with Crippen LogP contribution in [-0.2, 0) is 5.41 Å². The van der Waals surface area contributed by atoms with Gasteiger partial charge >= 0.3 is 0 Å². The number of hydrogen-bond donors (Lipinski definition) is 0. The maximum atomic E-state index is 3.42. The molecule has 0 saturated heterocycles. The molecule has 0 radical (unpaired) electrons. The number of alkyl halides is 1. The molecule has 1 aromatic rings. The molecule has 0 unspecified atom stereocenters. The van der Waals surface area contributed by atoms with Gasteiger partial charge in [0.2, 0.25) is 0 Å². The zero-order chi connectivity index (χ0) is 11.3. The van der Waals surface area contributed by atoms with Gasteiger partial charge in [0, 0.05) is 5.33 Å². The molecule has 0 aliphatic carbocycles. The molecular formula is C14H19Br. The van der Waals surface area contributed by atoms with E-state index in [9.17, 15) is 0 Å². The Morgan fingerprint density at radius 3 is 2.60 bits per heavy atom. The number of halogens is 1. The third-order valence-corrected chi connectivity index (χ3v) is 2.80. The topological polar surface area (TPSA) is 0 Å². The van der Waals surface area contributed by atoms with Gasteiger partial charge in [-0.15, -0.1) is 0 Å². The average molecular weight is 267 g/mol. The van der Waals surface area contributed by atoms with Crippen LogP contribution in [0.5, 0.6) is 0 Å². The Labute approximate surface area is 102 Å². The molecule has 0 bridgehead atoms. The molecule has 0 saturated carbocycles. The Kier molecular flexibility index (Phi) is 4.59. The smallest absolute Gasteiger partial charge is 0.00660 e. The van der Waals surface area contributed by atoms with Crippen LogP contribution in [0.4, 0.5) is 0 Å². The van der Waals surface area contributed by atoms with Gasteiger partial charge in [0.1, 0.15) is 0 Å². The van der Waals surface area contributed by atoms with E-state index < -0.39 is 0 Å². The normalized spacial score (nSPS) is 12.3. The van der Waals surface area contributed by atoms with Crippen LogP contribution in [0.1, 0.15) is 38.3 Å². The largest absolute Gasteiger partial charge is 0.0925 e. The summed E-state index contributed by atoms with van der Waals surface area (Å²) in [6, 6.07) is 8.75. The second-order valence-corrected chi connectivity index (χ2v) is 5.55. The summed E-state index contributed by atoms with van der Waals surface area (Å²) in [4.78, 5) is 0. The van der Waals surface area contributed by atoms with Gasteiger partial charge in [-0.2, -0.15) is 0 Å². The second kappa shape index (κ2) is 5.50. The summed E-state index contributed by atoms with van der Waals surface area (Å²) >= 11 is 3.42. The zero-order valence-corrected chi connectivity index (χ0v) is 11.3. The molecule has 0 nitrogen and oxygen atoms in total. The molecule has 0 spiro atoms. The van der Waals surface area contributed by atoms with E-state index in [0.717, 1.165) is 11.8 Å². The van der Waals surface area contributed by atoms with Crippen LogP contribution in [0.15, 0.2) is 30.3 Å². The molecule has 0 fully saturated rings. The molecule has 0 aromatic heterocycles. The summed E-state index contributed by atoms with van der Waals surface area (Å²) in [6.45, 7) is 6.73. The van der Waals surface area contributed by atoms with E-state index in [0.29, 0.717) is 0 Å². The van der Waals surface area contributed by atoms with Crippen molar-refractivity contribution in [1.29, 1.82) is 0 Å². The van der Waals surface area contributed by atoms with Gasteiger partial charge < -0.3 is 0 Å². The lowest BCUT2D eigenvalue weighted by molar-refractivity contribution is 0.590. The van der Waals surface area contributed by atoms with E-state index in [4.69, 9.17) is 0 Å². The van der Waals surface area contributed by atoms with Crippen LogP contribution < -0.4 is 0 Å². The first kappa shape index (κ1) is 12.5. The van der Waals surface area contributed by atoms with Crippen LogP contribution in [0, 0.1) is 0 Å². The van der Waals surface area contributed by atoms with Crippen molar-refractivity contribution in [3.8, 4) is 0 Å². The van der Waals surface area contributed by atoms with Crippen LogP contribution in [0.25, 0.3) is 6.08 Å². The Balaban J connectivity index is 2.84. The van der Waals surface area contributed by atoms with Crippen molar-refractivity contribution < 1.29 is 0 Å². The monoisotopic (exact) mass is 266 g/mol. The summed E-state index contributed by atoms with van der Waals surface area (Å²) in [5, 5.41) is 1.03. The summed E-state index contributed by atoms with van der Waals surface area (Å²) in [5.41, 5.74) is 2.92. The lowest BCUT2D eigenvalue weighted by atomic mass is 9.86. The average Bonchev–Trinajstić information content (AvgIpc) is 2.17. The van der Waals surface area contributed by atoms with Crippen molar-refractivity contribution in [3.63, 3.8) is 0 Å². The maximum Gasteiger partial charge on any atom is 0.00660 e. The Bertz CT molecular complexity index is 331. The first-order valence-electron chi connectivity index (χ1n) is 5.37. The molecule has 0 atom stereocenters. The fourth-order valence-corrected chi connectivity index (χ4v) is 1.66. The highest BCUT2D eigenvalue weighted by molar-refractivity contribution is 9.09. The Morgan fingerprint density at radius 2 is 2.00 bits per heavy atom. The zero-order valence-electron chi connectivity index (χ0n) is 9.76. The molecule has 82 valence electrons. The van der Waals surface area contributed by atoms with Crippen LogP contribution in [-0.4, -0.2) is 5.33 Å². The van der Waals surface area contributed by atoms with Crippen molar-refractivity contribution in [2.24, 2.45) is 0 Å². The van der Waals surface area contributed by atoms with Gasteiger partial charge in [-0.25, -0.2) is 0 Å². The Morgan fingerprint density at radius 1 is 1.27 bits per heavy atom. The Hall–Kier alpha value is -0.560. The molecule has 15 heavy (non-hydrogen) atoms. The van der Waals surface area contributed by atoms with Crippen molar-refractivity contribution in [2.45, 2.75) is 32.6 Å². The molecule has 0 aliphatic rings. The molecule has 1 rings (SSSR count). The molecule has 1 aromatic carbocycles. The van der Waals surface area contributed by atoms with Gasteiger partial charge in [0.25, 0.3) is 0 Å². The third kappa shape index (κ3) is 4.21. The van der Waals surface area contributed by atoms with Crippen molar-refractivity contribution in [1.82, 2.24) is 0 Å². The van der Waals surface area contributed by atoms with Gasteiger partial charge in [0.05, 0.1) is 0 Å². The minimum atomic E-state index is 0.235. The van der Waals surface area contributed by atoms with Crippen LogP contribution in [0.2, 0.25) is 0 Å². The van der Waals surface area contributed by atoms with E-state index >= 15 is 0 Å². The van der Waals surface area contributed by atoms with E-state index in [2.05, 4.69) is 73.1 Å². The van der Waals surface area contributed by atoms with Crippen molar-refractivity contribution in [3.05, 3.63) is 41.5 Å². The van der Waals surface area contributed by atoms with E-state index in [1.165, 1.54) is 11.1 Å².